The molecule has 0 aromatic heterocycles. The van der Waals surface area contributed by atoms with Crippen molar-refractivity contribution in [3.63, 3.8) is 0 Å². The van der Waals surface area contributed by atoms with Gasteiger partial charge >= 0.3 is 0 Å². The molecule has 0 atom stereocenters. The molecule has 0 aliphatic carbocycles. The third kappa shape index (κ3) is 10.1. The van der Waals surface area contributed by atoms with Crippen molar-refractivity contribution in [1.29, 1.82) is 0 Å². The summed E-state index contributed by atoms with van der Waals surface area (Å²) in [6, 6.07) is 0. The van der Waals surface area contributed by atoms with Crippen LogP contribution in [0.2, 0.25) is 0 Å². The molecule has 0 aliphatic rings. The summed E-state index contributed by atoms with van der Waals surface area (Å²) < 4.78 is 46.2. The summed E-state index contributed by atoms with van der Waals surface area (Å²) in [7, 11) is -6.30. The predicted octanol–water partition coefficient (Wildman–Crippen LogP) is -1.31. The zero-order valence-corrected chi connectivity index (χ0v) is 10.4. The molecule has 3 N–H and O–H groups in total. The molecule has 0 saturated carbocycles. The molecule has 6 nitrogen and oxygen atoms in total. The van der Waals surface area contributed by atoms with E-state index in [2.05, 4.69) is 4.72 Å². The van der Waals surface area contributed by atoms with Gasteiger partial charge in [0.2, 0.25) is 10.0 Å². The summed E-state index contributed by atoms with van der Waals surface area (Å²) in [5, 5.41) is 0. The van der Waals surface area contributed by atoms with Crippen molar-refractivity contribution in [3.05, 3.63) is 0 Å². The van der Waals surface area contributed by atoms with Gasteiger partial charge in [-0.2, -0.15) is 0 Å². The molecule has 0 radical (unpaired) electrons. The van der Waals surface area contributed by atoms with Crippen LogP contribution in [0.3, 0.4) is 0 Å². The summed E-state index contributed by atoms with van der Waals surface area (Å²) in [5.74, 6) is -0.0191. The lowest BCUT2D eigenvalue weighted by Crippen LogP contribution is -2.29. The van der Waals surface area contributed by atoms with E-state index in [-0.39, 0.29) is 18.1 Å². The van der Waals surface area contributed by atoms with Crippen molar-refractivity contribution in [2.24, 2.45) is 5.73 Å². The number of nitrogens with one attached hydrogen (secondary N) is 1. The van der Waals surface area contributed by atoms with Gasteiger partial charge in [-0.05, 0) is 19.4 Å². The first-order valence-corrected chi connectivity index (χ1v) is 8.33. The first-order valence-electron chi connectivity index (χ1n) is 4.62. The fraction of sp³-hybridized carbons (Fsp3) is 1.00. The minimum absolute atomic E-state index is 0.00753. The largest absolute Gasteiger partial charge is 0.330 e. The Morgan fingerprint density at radius 2 is 1.67 bits per heavy atom. The maximum Gasteiger partial charge on any atom is 0.211 e. The first-order chi connectivity index (χ1) is 6.77. The van der Waals surface area contributed by atoms with Gasteiger partial charge in [0.05, 0.1) is 11.5 Å². The van der Waals surface area contributed by atoms with Gasteiger partial charge in [-0.3, -0.25) is 0 Å². The van der Waals surface area contributed by atoms with Crippen LogP contribution in [0.25, 0.3) is 0 Å². The topological polar surface area (TPSA) is 106 Å². The number of hydrogen-bond acceptors (Lipinski definition) is 5. The van der Waals surface area contributed by atoms with Crippen LogP contribution >= 0.6 is 0 Å². The fourth-order valence-electron chi connectivity index (χ4n) is 0.908. The smallest absolute Gasteiger partial charge is 0.211 e. The normalized spacial score (nSPS) is 12.9. The highest BCUT2D eigenvalue weighted by Gasteiger charge is 2.09. The number of sulfone groups is 1. The van der Waals surface area contributed by atoms with E-state index in [1.54, 1.807) is 0 Å². The molecule has 92 valence electrons. The number of rotatable bonds is 8. The van der Waals surface area contributed by atoms with Crippen LogP contribution in [0.4, 0.5) is 0 Å². The maximum absolute atomic E-state index is 11.2. The van der Waals surface area contributed by atoms with Crippen molar-refractivity contribution in [2.45, 2.75) is 12.8 Å². The Bertz CT molecular complexity index is 360. The Kier molecular flexibility index (Phi) is 6.34. The molecule has 0 heterocycles. The van der Waals surface area contributed by atoms with Crippen LogP contribution in [0.5, 0.6) is 0 Å². The lowest BCUT2D eigenvalue weighted by molar-refractivity contribution is 0.575. The van der Waals surface area contributed by atoms with Crippen LogP contribution in [0, 0.1) is 0 Å². The van der Waals surface area contributed by atoms with E-state index < -0.39 is 19.9 Å². The fourth-order valence-corrected chi connectivity index (χ4v) is 2.72. The average Bonchev–Trinajstić information content (AvgIpc) is 2.08. The van der Waals surface area contributed by atoms with E-state index in [0.29, 0.717) is 19.4 Å². The molecule has 0 bridgehead atoms. The lowest BCUT2D eigenvalue weighted by atomic mass is 10.5. The summed E-state index contributed by atoms with van der Waals surface area (Å²) >= 11 is 0. The molecule has 0 unspecified atom stereocenters. The third-order valence-electron chi connectivity index (χ3n) is 1.63. The highest BCUT2D eigenvalue weighted by atomic mass is 32.2. The van der Waals surface area contributed by atoms with Crippen LogP contribution in [-0.2, 0) is 19.9 Å². The van der Waals surface area contributed by atoms with Gasteiger partial charge in [0.15, 0.2) is 0 Å². The SMILES string of the molecule is CS(=O)(=O)CCCNS(=O)(=O)CCCN. The second-order valence-corrected chi connectivity index (χ2v) is 7.53. The molecule has 0 rings (SSSR count). The minimum Gasteiger partial charge on any atom is -0.330 e. The van der Waals surface area contributed by atoms with Crippen LogP contribution in [-0.4, -0.2) is 47.7 Å². The van der Waals surface area contributed by atoms with E-state index >= 15 is 0 Å². The Balaban J connectivity index is 3.76. The molecular weight excluding hydrogens is 240 g/mol. The van der Waals surface area contributed by atoms with Crippen LogP contribution in [0.15, 0.2) is 0 Å². The molecule has 0 aromatic rings. The van der Waals surface area contributed by atoms with Crippen molar-refractivity contribution in [3.8, 4) is 0 Å². The maximum atomic E-state index is 11.2. The van der Waals surface area contributed by atoms with Gasteiger partial charge < -0.3 is 5.73 Å². The standard InChI is InChI=1S/C7H18N2O4S2/c1-14(10,11)6-3-5-9-15(12,13)7-2-4-8/h9H,2-8H2,1H3. The van der Waals surface area contributed by atoms with Gasteiger partial charge in [0.25, 0.3) is 0 Å². The molecule has 0 amide bonds. The molecule has 0 saturated heterocycles. The molecule has 0 aromatic carbocycles. The number of hydrogen-bond donors (Lipinski definition) is 2. The Morgan fingerprint density at radius 3 is 2.13 bits per heavy atom. The summed E-state index contributed by atoms with van der Waals surface area (Å²) in [6.45, 7) is 0.476. The highest BCUT2D eigenvalue weighted by molar-refractivity contribution is 7.90. The van der Waals surface area contributed by atoms with E-state index in [1.807, 2.05) is 0 Å². The average molecular weight is 258 g/mol. The molecular formula is C7H18N2O4S2. The predicted molar refractivity (Wildman–Crippen MR) is 59.8 cm³/mol. The van der Waals surface area contributed by atoms with Gasteiger partial charge in [0.1, 0.15) is 9.84 Å². The first kappa shape index (κ1) is 14.8. The third-order valence-corrected chi connectivity index (χ3v) is 4.13. The van der Waals surface area contributed by atoms with E-state index in [4.69, 9.17) is 5.73 Å². The highest BCUT2D eigenvalue weighted by Crippen LogP contribution is 1.91. The molecule has 15 heavy (non-hydrogen) atoms. The van der Waals surface area contributed by atoms with Crippen molar-refractivity contribution < 1.29 is 16.8 Å². The minimum atomic E-state index is -3.29. The van der Waals surface area contributed by atoms with E-state index in [0.717, 1.165) is 6.26 Å². The summed E-state index contributed by atoms with van der Waals surface area (Å²) in [6.07, 6.45) is 1.82. The van der Waals surface area contributed by atoms with Crippen LogP contribution in [0.1, 0.15) is 12.8 Å². The van der Waals surface area contributed by atoms with Crippen molar-refractivity contribution in [2.75, 3.05) is 30.9 Å². The van der Waals surface area contributed by atoms with Gasteiger partial charge in [-0.1, -0.05) is 0 Å². The van der Waals surface area contributed by atoms with E-state index in [1.165, 1.54) is 0 Å². The Hall–Kier alpha value is -0.180. The second-order valence-electron chi connectivity index (χ2n) is 3.34. The summed E-state index contributed by atoms with van der Waals surface area (Å²) in [5.41, 5.74) is 5.18. The Morgan fingerprint density at radius 1 is 1.07 bits per heavy atom. The number of sulfonamides is 1. The molecule has 0 fully saturated rings. The zero-order chi connectivity index (χ0) is 11.9. The number of nitrogens with two attached hydrogens (primary N) is 1. The van der Waals surface area contributed by atoms with Gasteiger partial charge in [-0.25, -0.2) is 21.6 Å². The van der Waals surface area contributed by atoms with Crippen LogP contribution < -0.4 is 10.5 Å². The van der Waals surface area contributed by atoms with Crippen molar-refractivity contribution >= 4 is 19.9 Å². The molecule has 8 heteroatoms. The van der Waals surface area contributed by atoms with Gasteiger partial charge in [0, 0.05) is 12.8 Å². The quantitative estimate of drug-likeness (QED) is 0.526. The zero-order valence-electron chi connectivity index (χ0n) is 8.77. The Labute approximate surface area is 91.2 Å². The summed E-state index contributed by atoms with van der Waals surface area (Å²) in [4.78, 5) is 0. The van der Waals surface area contributed by atoms with E-state index in [9.17, 15) is 16.8 Å². The second kappa shape index (κ2) is 6.41. The lowest BCUT2D eigenvalue weighted by Gasteiger charge is -2.05. The molecule has 0 spiro atoms. The van der Waals surface area contributed by atoms with Gasteiger partial charge in [-0.15, -0.1) is 0 Å². The molecule has 0 aliphatic heterocycles. The van der Waals surface area contributed by atoms with Crippen molar-refractivity contribution in [1.82, 2.24) is 4.72 Å². The monoisotopic (exact) mass is 258 g/mol.